The Morgan fingerprint density at radius 3 is 2.76 bits per heavy atom. The molecule has 1 N–H and O–H groups in total. The molecule has 0 aromatic carbocycles. The summed E-state index contributed by atoms with van der Waals surface area (Å²) in [6, 6.07) is 0.559. The SMILES string of the molecule is CCOC(=O)COCCNC(C)C1CCCC1. The number of carbonyl (C=O) groups excluding carboxylic acids is 1. The highest BCUT2D eigenvalue weighted by Crippen LogP contribution is 2.27. The molecule has 0 radical (unpaired) electrons. The number of hydrogen-bond acceptors (Lipinski definition) is 4. The van der Waals surface area contributed by atoms with Crippen LogP contribution in [0.1, 0.15) is 39.5 Å². The number of esters is 1. The maximum Gasteiger partial charge on any atom is 0.332 e. The molecule has 1 fully saturated rings. The van der Waals surface area contributed by atoms with Crippen molar-refractivity contribution in [1.82, 2.24) is 5.32 Å². The minimum absolute atomic E-state index is 0.0628. The van der Waals surface area contributed by atoms with Gasteiger partial charge in [-0.3, -0.25) is 0 Å². The van der Waals surface area contributed by atoms with E-state index in [9.17, 15) is 4.79 Å². The van der Waals surface area contributed by atoms with E-state index in [0.29, 0.717) is 19.3 Å². The fraction of sp³-hybridized carbons (Fsp3) is 0.923. The van der Waals surface area contributed by atoms with Gasteiger partial charge >= 0.3 is 5.97 Å². The smallest absolute Gasteiger partial charge is 0.332 e. The summed E-state index contributed by atoms with van der Waals surface area (Å²) < 4.78 is 9.99. The predicted octanol–water partition coefficient (Wildman–Crippen LogP) is 1.73. The van der Waals surface area contributed by atoms with E-state index in [1.807, 2.05) is 0 Å². The van der Waals surface area contributed by atoms with Gasteiger partial charge in [-0.15, -0.1) is 0 Å². The van der Waals surface area contributed by atoms with Crippen LogP contribution in [0.15, 0.2) is 0 Å². The van der Waals surface area contributed by atoms with Crippen molar-refractivity contribution >= 4 is 5.97 Å². The molecule has 4 heteroatoms. The quantitative estimate of drug-likeness (QED) is 0.521. The zero-order valence-corrected chi connectivity index (χ0v) is 11.0. The molecule has 0 heterocycles. The first-order chi connectivity index (χ1) is 8.24. The zero-order valence-electron chi connectivity index (χ0n) is 11.0. The van der Waals surface area contributed by atoms with Crippen LogP contribution in [0, 0.1) is 5.92 Å². The van der Waals surface area contributed by atoms with E-state index in [0.717, 1.165) is 12.5 Å². The molecule has 0 amide bonds. The first-order valence-corrected chi connectivity index (χ1v) is 6.70. The highest BCUT2D eigenvalue weighted by atomic mass is 16.6. The van der Waals surface area contributed by atoms with E-state index in [-0.39, 0.29) is 12.6 Å². The molecule has 4 nitrogen and oxygen atoms in total. The summed E-state index contributed by atoms with van der Waals surface area (Å²) in [5.74, 6) is 0.538. The summed E-state index contributed by atoms with van der Waals surface area (Å²) in [5.41, 5.74) is 0. The Bertz CT molecular complexity index is 215. The first kappa shape index (κ1) is 14.5. The minimum Gasteiger partial charge on any atom is -0.464 e. The highest BCUT2D eigenvalue weighted by molar-refractivity contribution is 5.70. The van der Waals surface area contributed by atoms with Gasteiger partial charge in [-0.2, -0.15) is 0 Å². The van der Waals surface area contributed by atoms with Gasteiger partial charge in [0.1, 0.15) is 6.61 Å². The summed E-state index contributed by atoms with van der Waals surface area (Å²) in [5, 5.41) is 3.45. The third-order valence-corrected chi connectivity index (χ3v) is 3.34. The number of carbonyl (C=O) groups is 1. The Kier molecular flexibility index (Phi) is 7.21. The Morgan fingerprint density at radius 2 is 2.12 bits per heavy atom. The molecule has 100 valence electrons. The summed E-state index contributed by atoms with van der Waals surface area (Å²) >= 11 is 0. The van der Waals surface area contributed by atoms with Gasteiger partial charge in [0, 0.05) is 12.6 Å². The van der Waals surface area contributed by atoms with Crippen molar-refractivity contribution < 1.29 is 14.3 Å². The molecule has 1 aliphatic carbocycles. The van der Waals surface area contributed by atoms with Gasteiger partial charge in [0.25, 0.3) is 0 Å². The molecule has 1 unspecified atom stereocenters. The lowest BCUT2D eigenvalue weighted by Gasteiger charge is -2.20. The topological polar surface area (TPSA) is 47.6 Å². The predicted molar refractivity (Wildman–Crippen MR) is 66.9 cm³/mol. The van der Waals surface area contributed by atoms with Crippen molar-refractivity contribution in [2.45, 2.75) is 45.6 Å². The summed E-state index contributed by atoms with van der Waals surface area (Å²) in [6.07, 6.45) is 5.43. The largest absolute Gasteiger partial charge is 0.464 e. The lowest BCUT2D eigenvalue weighted by Crippen LogP contribution is -2.35. The summed E-state index contributed by atoms with van der Waals surface area (Å²) in [7, 11) is 0. The van der Waals surface area contributed by atoms with Crippen molar-refractivity contribution in [3.63, 3.8) is 0 Å². The van der Waals surface area contributed by atoms with Gasteiger partial charge in [-0.25, -0.2) is 4.79 Å². The number of nitrogens with one attached hydrogen (secondary N) is 1. The van der Waals surface area contributed by atoms with Gasteiger partial charge in [0.15, 0.2) is 0 Å². The highest BCUT2D eigenvalue weighted by Gasteiger charge is 2.20. The molecule has 17 heavy (non-hydrogen) atoms. The van der Waals surface area contributed by atoms with E-state index in [4.69, 9.17) is 9.47 Å². The second kappa shape index (κ2) is 8.48. The Balaban J connectivity index is 1.94. The average Bonchev–Trinajstić information content (AvgIpc) is 2.82. The van der Waals surface area contributed by atoms with Gasteiger partial charge in [-0.1, -0.05) is 12.8 Å². The van der Waals surface area contributed by atoms with E-state index in [1.165, 1.54) is 25.7 Å². The standard InChI is InChI=1S/C13H25NO3/c1-3-17-13(15)10-16-9-8-14-11(2)12-6-4-5-7-12/h11-12,14H,3-10H2,1-2H3. The molecule has 0 saturated heterocycles. The van der Waals surface area contributed by atoms with E-state index >= 15 is 0 Å². The van der Waals surface area contributed by atoms with Crippen LogP contribution in [0.25, 0.3) is 0 Å². The monoisotopic (exact) mass is 243 g/mol. The Labute approximate surface area is 104 Å². The van der Waals surface area contributed by atoms with Crippen molar-refractivity contribution in [3.8, 4) is 0 Å². The fourth-order valence-corrected chi connectivity index (χ4v) is 2.34. The van der Waals surface area contributed by atoms with Crippen LogP contribution in [0.5, 0.6) is 0 Å². The molecule has 0 aromatic heterocycles. The number of ether oxygens (including phenoxy) is 2. The zero-order chi connectivity index (χ0) is 12.5. The van der Waals surface area contributed by atoms with Crippen molar-refractivity contribution in [1.29, 1.82) is 0 Å². The lowest BCUT2D eigenvalue weighted by molar-refractivity contribution is -0.148. The van der Waals surface area contributed by atoms with E-state index in [2.05, 4.69) is 12.2 Å². The first-order valence-electron chi connectivity index (χ1n) is 6.70. The third-order valence-electron chi connectivity index (χ3n) is 3.34. The van der Waals surface area contributed by atoms with E-state index in [1.54, 1.807) is 6.92 Å². The van der Waals surface area contributed by atoms with Gasteiger partial charge in [0.2, 0.25) is 0 Å². The summed E-state index contributed by atoms with van der Waals surface area (Å²) in [4.78, 5) is 11.0. The van der Waals surface area contributed by atoms with Crippen molar-refractivity contribution in [2.24, 2.45) is 5.92 Å². The molecule has 0 aromatic rings. The fourth-order valence-electron chi connectivity index (χ4n) is 2.34. The molecule has 1 atom stereocenters. The Morgan fingerprint density at radius 1 is 1.41 bits per heavy atom. The molecular weight excluding hydrogens is 218 g/mol. The van der Waals surface area contributed by atoms with Crippen molar-refractivity contribution in [3.05, 3.63) is 0 Å². The molecule has 1 rings (SSSR count). The second-order valence-electron chi connectivity index (χ2n) is 4.64. The molecule has 1 saturated carbocycles. The average molecular weight is 243 g/mol. The van der Waals surface area contributed by atoms with Gasteiger partial charge < -0.3 is 14.8 Å². The van der Waals surface area contributed by atoms with E-state index < -0.39 is 0 Å². The van der Waals surface area contributed by atoms with Crippen LogP contribution in [0.3, 0.4) is 0 Å². The maximum atomic E-state index is 11.0. The summed E-state index contributed by atoms with van der Waals surface area (Å²) in [6.45, 7) is 5.88. The maximum absolute atomic E-state index is 11.0. The molecule has 0 aliphatic heterocycles. The number of hydrogen-bond donors (Lipinski definition) is 1. The minimum atomic E-state index is -0.281. The lowest BCUT2D eigenvalue weighted by atomic mass is 10.00. The van der Waals surface area contributed by atoms with Crippen LogP contribution in [-0.4, -0.2) is 38.4 Å². The van der Waals surface area contributed by atoms with Crippen molar-refractivity contribution in [2.75, 3.05) is 26.4 Å². The second-order valence-corrected chi connectivity index (χ2v) is 4.64. The van der Waals surface area contributed by atoms with Gasteiger partial charge in [-0.05, 0) is 32.6 Å². The van der Waals surface area contributed by atoms with Gasteiger partial charge in [0.05, 0.1) is 13.2 Å². The molecule has 0 spiro atoms. The van der Waals surface area contributed by atoms with Crippen LogP contribution in [0.2, 0.25) is 0 Å². The van der Waals surface area contributed by atoms with Crippen LogP contribution >= 0.6 is 0 Å². The third kappa shape index (κ3) is 6.03. The normalized spacial score (nSPS) is 18.2. The van der Waals surface area contributed by atoms with Crippen LogP contribution in [0.4, 0.5) is 0 Å². The van der Waals surface area contributed by atoms with Crippen LogP contribution in [-0.2, 0) is 14.3 Å². The molecule has 0 bridgehead atoms. The molecular formula is C13H25NO3. The molecule has 1 aliphatic rings. The Hall–Kier alpha value is -0.610. The number of rotatable bonds is 8. The van der Waals surface area contributed by atoms with Crippen LogP contribution < -0.4 is 5.32 Å².